The van der Waals surface area contributed by atoms with Gasteiger partial charge in [-0.05, 0) is 12.3 Å². The number of halogens is 1. The molecule has 0 aromatic heterocycles. The molecular weight excluding hydrogens is 237 g/mol. The Labute approximate surface area is 94.7 Å². The van der Waals surface area contributed by atoms with Gasteiger partial charge in [0.15, 0.2) is 0 Å². The Morgan fingerprint density at radius 3 is 2.62 bits per heavy atom. The summed E-state index contributed by atoms with van der Waals surface area (Å²) in [5.74, 6) is -1.82. The SMILES string of the molecule is COC(=O)c1cc(SC)c([N+](=O)[O-])cc1F. The van der Waals surface area contributed by atoms with E-state index in [9.17, 15) is 19.3 Å². The second-order valence-corrected chi connectivity index (χ2v) is 3.60. The average molecular weight is 245 g/mol. The van der Waals surface area contributed by atoms with Crippen molar-refractivity contribution in [3.8, 4) is 0 Å². The molecule has 0 unspecified atom stereocenters. The Morgan fingerprint density at radius 2 is 2.19 bits per heavy atom. The summed E-state index contributed by atoms with van der Waals surface area (Å²) in [5, 5.41) is 10.6. The van der Waals surface area contributed by atoms with Gasteiger partial charge in [0.2, 0.25) is 0 Å². The van der Waals surface area contributed by atoms with Crippen molar-refractivity contribution in [2.45, 2.75) is 4.90 Å². The van der Waals surface area contributed by atoms with Gasteiger partial charge in [0.25, 0.3) is 5.69 Å². The molecule has 0 heterocycles. The Morgan fingerprint density at radius 1 is 1.56 bits per heavy atom. The number of nitrogens with zero attached hydrogens (tertiary/aromatic N) is 1. The van der Waals surface area contributed by atoms with Crippen molar-refractivity contribution in [2.75, 3.05) is 13.4 Å². The zero-order valence-electron chi connectivity index (χ0n) is 8.52. The van der Waals surface area contributed by atoms with Gasteiger partial charge >= 0.3 is 5.97 Å². The predicted molar refractivity (Wildman–Crippen MR) is 56.2 cm³/mol. The van der Waals surface area contributed by atoms with Crippen LogP contribution in [0.15, 0.2) is 17.0 Å². The maximum absolute atomic E-state index is 13.3. The highest BCUT2D eigenvalue weighted by molar-refractivity contribution is 7.98. The van der Waals surface area contributed by atoms with E-state index in [4.69, 9.17) is 0 Å². The van der Waals surface area contributed by atoms with Crippen molar-refractivity contribution in [1.82, 2.24) is 0 Å². The molecule has 0 bridgehead atoms. The summed E-state index contributed by atoms with van der Waals surface area (Å²) >= 11 is 1.06. The first-order valence-electron chi connectivity index (χ1n) is 4.11. The fourth-order valence-electron chi connectivity index (χ4n) is 1.12. The molecule has 5 nitrogen and oxygen atoms in total. The lowest BCUT2D eigenvalue weighted by molar-refractivity contribution is -0.387. The summed E-state index contributed by atoms with van der Waals surface area (Å²) in [7, 11) is 1.11. The average Bonchev–Trinajstić information content (AvgIpc) is 2.27. The minimum absolute atomic E-state index is 0.215. The first kappa shape index (κ1) is 12.4. The molecule has 0 aliphatic rings. The van der Waals surface area contributed by atoms with Crippen LogP contribution in [0.4, 0.5) is 10.1 Å². The molecular formula is C9H8FNO4S. The number of ether oxygens (including phenoxy) is 1. The smallest absolute Gasteiger partial charge is 0.340 e. The maximum Gasteiger partial charge on any atom is 0.340 e. The summed E-state index contributed by atoms with van der Waals surface area (Å²) in [5.41, 5.74) is -0.671. The molecule has 7 heteroatoms. The minimum atomic E-state index is -0.962. The molecule has 0 N–H and O–H groups in total. The van der Waals surface area contributed by atoms with E-state index in [1.165, 1.54) is 0 Å². The molecule has 0 amide bonds. The Kier molecular flexibility index (Phi) is 3.83. The molecule has 0 saturated carbocycles. The van der Waals surface area contributed by atoms with Crippen LogP contribution >= 0.6 is 11.8 Å². The number of hydrogen-bond donors (Lipinski definition) is 0. The topological polar surface area (TPSA) is 69.4 Å². The molecule has 0 aliphatic heterocycles. The van der Waals surface area contributed by atoms with E-state index < -0.39 is 16.7 Å². The van der Waals surface area contributed by atoms with E-state index in [1.54, 1.807) is 6.26 Å². The van der Waals surface area contributed by atoms with Gasteiger partial charge < -0.3 is 4.74 Å². The fourth-order valence-corrected chi connectivity index (χ4v) is 1.69. The quantitative estimate of drug-likeness (QED) is 0.353. The van der Waals surface area contributed by atoms with Gasteiger partial charge in [-0.2, -0.15) is 0 Å². The number of rotatable bonds is 3. The lowest BCUT2D eigenvalue weighted by atomic mass is 10.2. The third-order valence-electron chi connectivity index (χ3n) is 1.87. The van der Waals surface area contributed by atoms with Gasteiger partial charge in [-0.3, -0.25) is 10.1 Å². The highest BCUT2D eigenvalue weighted by Crippen LogP contribution is 2.30. The van der Waals surface area contributed by atoms with Crippen molar-refractivity contribution in [1.29, 1.82) is 0 Å². The summed E-state index contributed by atoms with van der Waals surface area (Å²) in [6, 6.07) is 1.84. The van der Waals surface area contributed by atoms with Crippen LogP contribution in [0.1, 0.15) is 10.4 Å². The van der Waals surface area contributed by atoms with E-state index in [2.05, 4.69) is 4.74 Å². The van der Waals surface area contributed by atoms with E-state index >= 15 is 0 Å². The number of carbonyl (C=O) groups is 1. The first-order valence-corrected chi connectivity index (χ1v) is 5.34. The largest absolute Gasteiger partial charge is 0.465 e. The lowest BCUT2D eigenvalue weighted by Gasteiger charge is -2.04. The number of nitro benzene ring substituents is 1. The first-order chi connectivity index (χ1) is 7.51. The van der Waals surface area contributed by atoms with Gasteiger partial charge in [0.1, 0.15) is 5.82 Å². The van der Waals surface area contributed by atoms with E-state index in [0.29, 0.717) is 0 Å². The molecule has 1 aromatic carbocycles. The van der Waals surface area contributed by atoms with Crippen LogP contribution in [0.5, 0.6) is 0 Å². The monoisotopic (exact) mass is 245 g/mol. The van der Waals surface area contributed by atoms with Gasteiger partial charge in [-0.25, -0.2) is 9.18 Å². The zero-order chi connectivity index (χ0) is 12.3. The molecule has 86 valence electrons. The second kappa shape index (κ2) is 4.93. The maximum atomic E-state index is 13.3. The molecule has 16 heavy (non-hydrogen) atoms. The normalized spacial score (nSPS) is 9.94. The molecule has 0 aliphatic carbocycles. The Balaban J connectivity index is 3.37. The van der Waals surface area contributed by atoms with Gasteiger partial charge in [0, 0.05) is 0 Å². The number of hydrogen-bond acceptors (Lipinski definition) is 5. The highest BCUT2D eigenvalue weighted by atomic mass is 32.2. The third-order valence-corrected chi connectivity index (χ3v) is 2.64. The number of carbonyl (C=O) groups excluding carboxylic acids is 1. The molecule has 0 spiro atoms. The highest BCUT2D eigenvalue weighted by Gasteiger charge is 2.21. The predicted octanol–water partition coefficient (Wildman–Crippen LogP) is 2.24. The third kappa shape index (κ3) is 2.30. The summed E-state index contributed by atoms with van der Waals surface area (Å²) in [6.07, 6.45) is 1.60. The molecule has 0 radical (unpaired) electrons. The van der Waals surface area contributed by atoms with Crippen LogP contribution in [0.25, 0.3) is 0 Å². The van der Waals surface area contributed by atoms with Crippen molar-refractivity contribution < 1.29 is 18.8 Å². The van der Waals surface area contributed by atoms with E-state index in [-0.39, 0.29) is 16.1 Å². The van der Waals surface area contributed by atoms with Gasteiger partial charge in [0.05, 0.1) is 28.6 Å². The van der Waals surface area contributed by atoms with Crippen LogP contribution in [0.2, 0.25) is 0 Å². The summed E-state index contributed by atoms with van der Waals surface area (Å²) in [6.45, 7) is 0. The molecule has 0 fully saturated rings. The van der Waals surface area contributed by atoms with Gasteiger partial charge in [-0.15, -0.1) is 11.8 Å². The standard InChI is InChI=1S/C9H8FNO4S/c1-15-9(12)5-3-8(16-2)7(11(13)14)4-6(5)10/h3-4H,1-2H3. The number of methoxy groups -OCH3 is 1. The Hall–Kier alpha value is -1.63. The number of thioether (sulfide) groups is 1. The van der Waals surface area contributed by atoms with Crippen LogP contribution in [-0.2, 0) is 4.74 Å². The van der Waals surface area contributed by atoms with Crippen LogP contribution < -0.4 is 0 Å². The molecule has 0 atom stereocenters. The number of nitro groups is 1. The zero-order valence-corrected chi connectivity index (χ0v) is 9.34. The van der Waals surface area contributed by atoms with Crippen LogP contribution in [0, 0.1) is 15.9 Å². The fraction of sp³-hybridized carbons (Fsp3) is 0.222. The number of benzene rings is 1. The lowest BCUT2D eigenvalue weighted by Crippen LogP contribution is -2.06. The van der Waals surface area contributed by atoms with Crippen molar-refractivity contribution in [3.63, 3.8) is 0 Å². The Bertz CT molecular complexity index is 449. The molecule has 0 saturated heterocycles. The van der Waals surface area contributed by atoms with Crippen molar-refractivity contribution in [3.05, 3.63) is 33.6 Å². The van der Waals surface area contributed by atoms with Crippen molar-refractivity contribution in [2.24, 2.45) is 0 Å². The van der Waals surface area contributed by atoms with Gasteiger partial charge in [-0.1, -0.05) is 0 Å². The summed E-state index contributed by atoms with van der Waals surface area (Å²) in [4.78, 5) is 21.3. The summed E-state index contributed by atoms with van der Waals surface area (Å²) < 4.78 is 17.7. The minimum Gasteiger partial charge on any atom is -0.465 e. The second-order valence-electron chi connectivity index (χ2n) is 2.75. The van der Waals surface area contributed by atoms with Crippen LogP contribution in [0.3, 0.4) is 0 Å². The van der Waals surface area contributed by atoms with Crippen LogP contribution in [-0.4, -0.2) is 24.3 Å². The van der Waals surface area contributed by atoms with Crippen molar-refractivity contribution >= 4 is 23.4 Å². The molecule has 1 rings (SSSR count). The van der Waals surface area contributed by atoms with E-state index in [0.717, 1.165) is 31.0 Å². The number of esters is 1. The van der Waals surface area contributed by atoms with E-state index in [1.807, 2.05) is 0 Å². The molecule has 1 aromatic rings.